The van der Waals surface area contributed by atoms with Crippen molar-refractivity contribution in [2.45, 2.75) is 36.6 Å². The first-order valence-electron chi connectivity index (χ1n) is 4.96. The van der Waals surface area contributed by atoms with Gasteiger partial charge >= 0.3 is 0 Å². The molecular weight excluding hydrogens is 326 g/mol. The topological polar surface area (TPSA) is 226 Å². The molecule has 2 unspecified atom stereocenters. The van der Waals surface area contributed by atoms with Crippen molar-refractivity contribution < 1.29 is 58.2 Å². The van der Waals surface area contributed by atoms with Crippen LogP contribution in [0.1, 0.15) is 0 Å². The van der Waals surface area contributed by atoms with Gasteiger partial charge in [0, 0.05) is 0 Å². The Labute approximate surface area is 111 Å². The minimum Gasteiger partial charge on any atom is -0.790 e. The van der Waals surface area contributed by atoms with Crippen LogP contribution in [0.4, 0.5) is 0 Å². The van der Waals surface area contributed by atoms with Gasteiger partial charge in [0.2, 0.25) is 0 Å². The van der Waals surface area contributed by atoms with Crippen molar-refractivity contribution in [3.63, 3.8) is 0 Å². The van der Waals surface area contributed by atoms with Gasteiger partial charge in [0.15, 0.2) is 0 Å². The molecule has 1 fully saturated rings. The van der Waals surface area contributed by atoms with Crippen molar-refractivity contribution in [2.75, 3.05) is 0 Å². The molecule has 1 aliphatic carbocycles. The Bertz CT molecular complexity index is 372. The van der Waals surface area contributed by atoms with Gasteiger partial charge in [-0.3, -0.25) is 0 Å². The van der Waals surface area contributed by atoms with E-state index in [9.17, 15) is 49.1 Å². The lowest BCUT2D eigenvalue weighted by atomic mass is 9.85. The lowest BCUT2D eigenvalue weighted by Gasteiger charge is -2.48. The molecule has 0 spiro atoms. The van der Waals surface area contributed by atoms with E-state index < -0.39 is 52.3 Å². The molecule has 20 heavy (non-hydrogen) atoms. The highest BCUT2D eigenvalue weighted by Crippen LogP contribution is 2.38. The van der Waals surface area contributed by atoms with E-state index in [-0.39, 0.29) is 0 Å². The summed E-state index contributed by atoms with van der Waals surface area (Å²) in [6.07, 6.45) is -13.7. The van der Waals surface area contributed by atoms with Crippen LogP contribution in [-0.4, -0.2) is 57.0 Å². The average Bonchev–Trinajstić information content (AvgIpc) is 2.25. The molecule has 1 rings (SSSR count). The van der Waals surface area contributed by atoms with Gasteiger partial charge in [-0.1, -0.05) is 0 Å². The molecule has 6 atom stereocenters. The lowest BCUT2D eigenvalue weighted by Crippen LogP contribution is -2.65. The van der Waals surface area contributed by atoms with E-state index in [1.54, 1.807) is 0 Å². The third-order valence-corrected chi connectivity index (χ3v) is 3.55. The predicted molar refractivity (Wildman–Crippen MR) is 49.0 cm³/mol. The van der Waals surface area contributed by atoms with E-state index in [1.807, 2.05) is 0 Å². The average molecular weight is 336 g/mol. The van der Waals surface area contributed by atoms with Crippen molar-refractivity contribution in [3.05, 3.63) is 0 Å². The minimum absolute atomic E-state index is 2.25. The van der Waals surface area contributed by atoms with Crippen LogP contribution < -0.4 is 19.6 Å². The molecule has 0 aromatic heterocycles. The van der Waals surface area contributed by atoms with Gasteiger partial charge in [0.25, 0.3) is 0 Å². The van der Waals surface area contributed by atoms with Crippen LogP contribution in [0.15, 0.2) is 0 Å². The molecular formula is C6H10O12P2-4. The van der Waals surface area contributed by atoms with E-state index in [0.717, 1.165) is 0 Å². The highest BCUT2D eigenvalue weighted by molar-refractivity contribution is 7.43. The Morgan fingerprint density at radius 1 is 0.650 bits per heavy atom. The Kier molecular flexibility index (Phi) is 5.48. The van der Waals surface area contributed by atoms with Gasteiger partial charge in [-0.25, -0.2) is 0 Å². The highest BCUT2D eigenvalue weighted by Gasteiger charge is 2.50. The number of phosphoric acid groups is 2. The molecule has 0 amide bonds. The van der Waals surface area contributed by atoms with E-state index in [1.165, 1.54) is 0 Å². The third-order valence-electron chi connectivity index (χ3n) is 2.55. The van der Waals surface area contributed by atoms with Crippen molar-refractivity contribution >= 4 is 15.6 Å². The summed E-state index contributed by atoms with van der Waals surface area (Å²) in [4.78, 5) is 41.6. The molecule has 0 aromatic rings. The zero-order valence-electron chi connectivity index (χ0n) is 9.41. The van der Waals surface area contributed by atoms with Crippen LogP contribution in [0.5, 0.6) is 0 Å². The summed E-state index contributed by atoms with van der Waals surface area (Å²) in [5, 5.41) is 37.7. The standard InChI is InChI=1S/C6H14O12P2/c7-1-2(8)6(18-20(14,15)16)4(10)3(9)5(1)17-19(11,12)13/h1-10H,(H2,11,12,13)(H2,14,15,16)/p-4/t1-,2-,3-,4+,5?,6?/m0/s1. The number of aliphatic hydroxyl groups excluding tert-OH is 4. The number of rotatable bonds is 4. The van der Waals surface area contributed by atoms with Crippen LogP contribution in [0, 0.1) is 0 Å². The quantitative estimate of drug-likeness (QED) is 0.352. The molecule has 0 saturated heterocycles. The number of phosphoric ester groups is 2. The second-order valence-electron chi connectivity index (χ2n) is 4.00. The van der Waals surface area contributed by atoms with Gasteiger partial charge in [-0.15, -0.1) is 0 Å². The summed E-state index contributed by atoms with van der Waals surface area (Å²) in [6.45, 7) is 0. The van der Waals surface area contributed by atoms with E-state index in [0.29, 0.717) is 0 Å². The molecule has 0 heterocycles. The Balaban J connectivity index is 2.96. The van der Waals surface area contributed by atoms with Gasteiger partial charge in [-0.05, 0) is 0 Å². The fourth-order valence-electron chi connectivity index (χ4n) is 1.73. The van der Waals surface area contributed by atoms with Crippen molar-refractivity contribution in [1.29, 1.82) is 0 Å². The van der Waals surface area contributed by atoms with Gasteiger partial charge in [0.1, 0.15) is 36.6 Å². The van der Waals surface area contributed by atoms with Gasteiger partial charge in [-0.2, -0.15) is 0 Å². The molecule has 0 aliphatic heterocycles. The Morgan fingerprint density at radius 3 is 1.00 bits per heavy atom. The maximum absolute atomic E-state index is 10.4. The summed E-state index contributed by atoms with van der Waals surface area (Å²) in [5.41, 5.74) is 0. The molecule has 12 nitrogen and oxygen atoms in total. The van der Waals surface area contributed by atoms with Crippen LogP contribution in [0.25, 0.3) is 0 Å². The number of hydrogen-bond donors (Lipinski definition) is 4. The first-order valence-corrected chi connectivity index (χ1v) is 7.89. The second-order valence-corrected chi connectivity index (χ2v) is 6.21. The van der Waals surface area contributed by atoms with E-state index in [4.69, 9.17) is 0 Å². The van der Waals surface area contributed by atoms with Crippen LogP contribution in [0.3, 0.4) is 0 Å². The molecule has 0 aromatic carbocycles. The SMILES string of the molecule is O=P([O-])([O-])OC1[C@@H](O)[C@H](O)C(OP(=O)([O-])[O-])[C@H](O)[C@@H]1O. The Morgan fingerprint density at radius 2 is 0.850 bits per heavy atom. The van der Waals surface area contributed by atoms with Crippen LogP contribution in [-0.2, 0) is 18.2 Å². The predicted octanol–water partition coefficient (Wildman–Crippen LogP) is -6.13. The monoisotopic (exact) mass is 336 g/mol. The fraction of sp³-hybridized carbons (Fsp3) is 1.00. The summed E-state index contributed by atoms with van der Waals surface area (Å²) in [7, 11) is -11.4. The summed E-state index contributed by atoms with van der Waals surface area (Å²) in [5.74, 6) is 0. The summed E-state index contributed by atoms with van der Waals surface area (Å²) < 4.78 is 28.3. The number of aliphatic hydroxyl groups is 4. The molecule has 0 radical (unpaired) electrons. The highest BCUT2D eigenvalue weighted by atomic mass is 31.2. The first-order chi connectivity index (χ1) is 8.83. The molecule has 0 bridgehead atoms. The van der Waals surface area contributed by atoms with Crippen molar-refractivity contribution in [1.82, 2.24) is 0 Å². The minimum atomic E-state index is -5.68. The van der Waals surface area contributed by atoms with Crippen molar-refractivity contribution in [3.8, 4) is 0 Å². The molecule has 1 aliphatic rings. The lowest BCUT2D eigenvalue weighted by molar-refractivity contribution is -0.362. The van der Waals surface area contributed by atoms with E-state index in [2.05, 4.69) is 9.05 Å². The van der Waals surface area contributed by atoms with Crippen LogP contribution >= 0.6 is 15.6 Å². The normalized spacial score (nSPS) is 39.8. The van der Waals surface area contributed by atoms with Crippen molar-refractivity contribution in [2.24, 2.45) is 0 Å². The molecule has 1 saturated carbocycles. The maximum atomic E-state index is 10.4. The largest absolute Gasteiger partial charge is 0.790 e. The summed E-state index contributed by atoms with van der Waals surface area (Å²) in [6, 6.07) is 0. The number of hydrogen-bond acceptors (Lipinski definition) is 12. The molecule has 14 heteroatoms. The molecule has 4 N–H and O–H groups in total. The van der Waals surface area contributed by atoms with E-state index >= 15 is 0 Å². The third kappa shape index (κ3) is 4.53. The molecule has 120 valence electrons. The first kappa shape index (κ1) is 18.1. The fourth-order valence-corrected chi connectivity index (χ4v) is 2.82. The van der Waals surface area contributed by atoms with Crippen LogP contribution in [0.2, 0.25) is 0 Å². The van der Waals surface area contributed by atoms with Gasteiger partial charge in [0.05, 0.1) is 15.6 Å². The maximum Gasteiger partial charge on any atom is 0.120 e. The zero-order chi connectivity index (χ0) is 15.9. The smallest absolute Gasteiger partial charge is 0.120 e. The van der Waals surface area contributed by atoms with Gasteiger partial charge < -0.3 is 58.2 Å². The second kappa shape index (κ2) is 6.05. The Hall–Kier alpha value is 0.0600. The zero-order valence-corrected chi connectivity index (χ0v) is 11.2. The summed E-state index contributed by atoms with van der Waals surface area (Å²) >= 11 is 0.